The lowest BCUT2D eigenvalue weighted by Crippen LogP contribution is -2.66. The highest BCUT2D eigenvalue weighted by atomic mass is 16.7. The van der Waals surface area contributed by atoms with Crippen molar-refractivity contribution < 1.29 is 63.6 Å². The van der Waals surface area contributed by atoms with Gasteiger partial charge in [0.2, 0.25) is 18.7 Å². The second-order valence-electron chi connectivity index (χ2n) is 19.9. The number of rotatable bonds is 6. The number of aliphatic hydroxyl groups is 4. The molecule has 0 radical (unpaired) electrons. The third-order valence-electron chi connectivity index (χ3n) is 16.5. The first-order valence-corrected chi connectivity index (χ1v) is 20.1. The molecule has 15 unspecified atom stereocenters. The van der Waals surface area contributed by atoms with Crippen LogP contribution in [0.5, 0.6) is 0 Å². The lowest BCUT2D eigenvalue weighted by molar-refractivity contribution is -0.297. The third-order valence-corrected chi connectivity index (χ3v) is 16.5. The minimum Gasteiger partial charge on any atom is -0.478 e. The second-order valence-corrected chi connectivity index (χ2v) is 19.9. The molecular weight excluding hydrogens is 700 g/mol. The maximum atomic E-state index is 14.5. The van der Waals surface area contributed by atoms with E-state index in [9.17, 15) is 39.9 Å². The molecule has 7 aliphatic rings. The van der Waals surface area contributed by atoms with Crippen molar-refractivity contribution in [1.29, 1.82) is 0 Å². The monoisotopic (exact) mass is 762 g/mol. The molecule has 0 aromatic heterocycles. The van der Waals surface area contributed by atoms with Crippen LogP contribution in [0.3, 0.4) is 0 Å². The number of fused-ring (bicyclic) bond motifs is 7. The number of cyclic esters (lactones) is 1. The summed E-state index contributed by atoms with van der Waals surface area (Å²) < 4.78 is 28.7. The zero-order valence-electron chi connectivity index (χ0n) is 32.9. The van der Waals surface area contributed by atoms with Crippen molar-refractivity contribution in [2.45, 2.75) is 162 Å². The molecule has 6 fully saturated rings. The van der Waals surface area contributed by atoms with Crippen LogP contribution in [0.1, 0.15) is 113 Å². The van der Waals surface area contributed by atoms with E-state index in [0.717, 1.165) is 44.9 Å². The highest BCUT2D eigenvalue weighted by molar-refractivity contribution is 5.80. The van der Waals surface area contributed by atoms with E-state index >= 15 is 0 Å². The Morgan fingerprint density at radius 2 is 1.57 bits per heavy atom. The number of aliphatic carboxylic acids is 1. The van der Waals surface area contributed by atoms with E-state index in [2.05, 4.69) is 54.5 Å². The summed E-state index contributed by atoms with van der Waals surface area (Å²) in [5, 5.41) is 51.0. The highest BCUT2D eigenvalue weighted by Crippen LogP contribution is 2.76. The molecule has 54 heavy (non-hydrogen) atoms. The molecule has 0 aromatic carbocycles. The number of hydrogen-bond donors (Lipinski definition) is 5. The van der Waals surface area contributed by atoms with Crippen molar-refractivity contribution >= 4 is 17.9 Å². The van der Waals surface area contributed by atoms with Gasteiger partial charge in [-0.15, -0.1) is 0 Å². The smallest absolute Gasteiger partial charge is 0.350 e. The Kier molecular flexibility index (Phi) is 10.0. The molecule has 13 heteroatoms. The van der Waals surface area contributed by atoms with Gasteiger partial charge in [0, 0.05) is 0 Å². The number of carbonyl (C=O) groups excluding carboxylic acids is 2. The zero-order valence-corrected chi connectivity index (χ0v) is 32.9. The zero-order chi connectivity index (χ0) is 39.4. The van der Waals surface area contributed by atoms with Crippen LogP contribution < -0.4 is 0 Å². The highest BCUT2D eigenvalue weighted by Gasteiger charge is 2.70. The van der Waals surface area contributed by atoms with Gasteiger partial charge in [0.15, 0.2) is 0 Å². The fourth-order valence-corrected chi connectivity index (χ4v) is 13.1. The van der Waals surface area contributed by atoms with E-state index < -0.39 is 73.0 Å². The SMILES string of the molecule is CC1(C)CCC2(C(=O)OC3OC(CO)C(O)C(O)C3O)CCC3(C)C(=CCC4C5(C)CCC(OC6OCC(=O)OC6C(=O)O)C(C)(C)C5CCC43C)C2C1. The molecular formula is C41H62O13. The van der Waals surface area contributed by atoms with Crippen molar-refractivity contribution in [3.8, 4) is 0 Å². The summed E-state index contributed by atoms with van der Waals surface area (Å²) >= 11 is 0. The van der Waals surface area contributed by atoms with E-state index in [4.69, 9.17) is 23.7 Å². The predicted octanol–water partition coefficient (Wildman–Crippen LogP) is 3.87. The Balaban J connectivity index is 1.16. The molecule has 5 N–H and O–H groups in total. The van der Waals surface area contributed by atoms with Crippen molar-refractivity contribution in [2.75, 3.05) is 13.2 Å². The molecule has 4 saturated carbocycles. The molecule has 0 amide bonds. The number of allylic oxidation sites excluding steroid dienone is 2. The van der Waals surface area contributed by atoms with Crippen LogP contribution in [-0.2, 0) is 38.1 Å². The number of carboxylic acid groups (broad SMARTS) is 1. The van der Waals surface area contributed by atoms with E-state index in [0.29, 0.717) is 25.2 Å². The van der Waals surface area contributed by atoms with Crippen LogP contribution in [-0.4, -0.2) is 106 Å². The van der Waals surface area contributed by atoms with Gasteiger partial charge in [-0.25, -0.2) is 9.59 Å². The number of carbonyl (C=O) groups is 3. The molecule has 0 bridgehead atoms. The van der Waals surface area contributed by atoms with Crippen LogP contribution in [0.15, 0.2) is 11.6 Å². The number of carboxylic acids is 1. The Bertz CT molecular complexity index is 1540. The van der Waals surface area contributed by atoms with Crippen LogP contribution in [0.25, 0.3) is 0 Å². The third kappa shape index (κ3) is 5.92. The standard InChI is InChI=1S/C41H62O13/c1-36(2)14-16-41(35(49)54-33-30(46)29(45)28(44)23(19-42)51-33)17-15-39(6)21(22(41)18-36)8-9-25-38(5)12-11-26(37(3,4)24(38)10-13-40(25,39)7)52-34-31(32(47)48)53-27(43)20-50-34/h8,22-26,28-31,33-34,42,44-46H,9-20H2,1-7H3,(H,47,48). The molecule has 0 spiro atoms. The number of hydrogen-bond acceptors (Lipinski definition) is 12. The topological polar surface area (TPSA) is 199 Å². The Hall–Kier alpha value is -2.13. The first-order chi connectivity index (χ1) is 25.1. The minimum atomic E-state index is -1.66. The summed E-state index contributed by atoms with van der Waals surface area (Å²) in [7, 11) is 0. The molecule has 2 aliphatic heterocycles. The minimum absolute atomic E-state index is 0.0134. The van der Waals surface area contributed by atoms with Gasteiger partial charge in [-0.3, -0.25) is 4.79 Å². The van der Waals surface area contributed by atoms with E-state index in [1.807, 2.05) is 0 Å². The van der Waals surface area contributed by atoms with Crippen LogP contribution in [0.4, 0.5) is 0 Å². The van der Waals surface area contributed by atoms with Gasteiger partial charge in [-0.2, -0.15) is 0 Å². The summed E-state index contributed by atoms with van der Waals surface area (Å²) in [6, 6.07) is 0. The summed E-state index contributed by atoms with van der Waals surface area (Å²) in [6.07, 6.45) is 0.0293. The largest absolute Gasteiger partial charge is 0.478 e. The lowest BCUT2D eigenvalue weighted by atomic mass is 9.33. The average molecular weight is 763 g/mol. The molecule has 5 aliphatic carbocycles. The molecule has 15 atom stereocenters. The fourth-order valence-electron chi connectivity index (χ4n) is 13.1. The summed E-state index contributed by atoms with van der Waals surface area (Å²) in [5.74, 6) is -1.93. The van der Waals surface area contributed by atoms with E-state index in [1.54, 1.807) is 0 Å². The second kappa shape index (κ2) is 13.5. The maximum absolute atomic E-state index is 14.5. The van der Waals surface area contributed by atoms with Gasteiger partial charge in [0.05, 0.1) is 18.1 Å². The van der Waals surface area contributed by atoms with Gasteiger partial charge in [-0.1, -0.05) is 60.1 Å². The predicted molar refractivity (Wildman–Crippen MR) is 191 cm³/mol. The first-order valence-electron chi connectivity index (χ1n) is 20.1. The Labute approximate surface area is 318 Å². The normalized spacial score (nSPS) is 49.5. The quantitative estimate of drug-likeness (QED) is 0.193. The lowest BCUT2D eigenvalue weighted by Gasteiger charge is -2.71. The summed E-state index contributed by atoms with van der Waals surface area (Å²) in [5.41, 5.74) is -0.165. The summed E-state index contributed by atoms with van der Waals surface area (Å²) in [4.78, 5) is 38.3. The van der Waals surface area contributed by atoms with Crippen molar-refractivity contribution in [1.82, 2.24) is 0 Å². The van der Waals surface area contributed by atoms with Gasteiger partial charge >= 0.3 is 17.9 Å². The Morgan fingerprint density at radius 1 is 0.870 bits per heavy atom. The maximum Gasteiger partial charge on any atom is 0.350 e. The number of aliphatic hydroxyl groups excluding tert-OH is 4. The number of ether oxygens (including phenoxy) is 5. The van der Waals surface area contributed by atoms with Crippen LogP contribution >= 0.6 is 0 Å². The van der Waals surface area contributed by atoms with Crippen molar-refractivity contribution in [3.05, 3.63) is 11.6 Å². The average Bonchev–Trinajstić information content (AvgIpc) is 3.10. The molecule has 2 heterocycles. The van der Waals surface area contributed by atoms with E-state index in [1.165, 1.54) is 5.57 Å². The van der Waals surface area contributed by atoms with Gasteiger partial charge < -0.3 is 49.2 Å². The molecule has 0 aromatic rings. The van der Waals surface area contributed by atoms with Gasteiger partial charge in [-0.05, 0) is 109 Å². The molecule has 7 rings (SSSR count). The van der Waals surface area contributed by atoms with Crippen molar-refractivity contribution in [3.63, 3.8) is 0 Å². The van der Waals surface area contributed by atoms with Gasteiger partial charge in [0.1, 0.15) is 31.0 Å². The molecule has 2 saturated heterocycles. The van der Waals surface area contributed by atoms with E-state index in [-0.39, 0.29) is 51.6 Å². The van der Waals surface area contributed by atoms with Crippen LogP contribution in [0, 0.1) is 50.2 Å². The van der Waals surface area contributed by atoms with Crippen molar-refractivity contribution in [2.24, 2.45) is 50.2 Å². The van der Waals surface area contributed by atoms with Gasteiger partial charge in [0.25, 0.3) is 0 Å². The Morgan fingerprint density at radius 3 is 2.26 bits per heavy atom. The molecule has 13 nitrogen and oxygen atoms in total. The molecule has 304 valence electrons. The first kappa shape index (κ1) is 40.1. The summed E-state index contributed by atoms with van der Waals surface area (Å²) in [6.45, 7) is 15.3. The fraction of sp³-hybridized carbons (Fsp3) is 0.878. The van der Waals surface area contributed by atoms with Crippen LogP contribution in [0.2, 0.25) is 0 Å². The number of esters is 2.